The van der Waals surface area contributed by atoms with Crippen LogP contribution in [0, 0.1) is 0 Å². The van der Waals surface area contributed by atoms with E-state index in [-0.39, 0.29) is 24.0 Å². The van der Waals surface area contributed by atoms with Crippen LogP contribution >= 0.6 is 24.0 Å². The van der Waals surface area contributed by atoms with Gasteiger partial charge in [0.25, 0.3) is 0 Å². The molecule has 30 heavy (non-hydrogen) atoms. The van der Waals surface area contributed by atoms with Gasteiger partial charge < -0.3 is 25.0 Å². The van der Waals surface area contributed by atoms with Crippen LogP contribution in [-0.2, 0) is 11.3 Å². The van der Waals surface area contributed by atoms with Gasteiger partial charge in [0.15, 0.2) is 5.96 Å². The molecule has 1 aliphatic heterocycles. The molecule has 0 radical (unpaired) electrons. The molecule has 170 valence electrons. The Balaban J connectivity index is 0.00000320. The lowest BCUT2D eigenvalue weighted by molar-refractivity contribution is 0.118. The van der Waals surface area contributed by atoms with Crippen molar-refractivity contribution in [3.05, 3.63) is 29.8 Å². The molecular formula is C23H39IN4O2. The van der Waals surface area contributed by atoms with Crippen molar-refractivity contribution in [1.82, 2.24) is 15.5 Å². The zero-order valence-corrected chi connectivity index (χ0v) is 20.9. The SMILES string of the molecule is CN=C(NCCOCc1ccccc1OC)NC1CCN(C2CCCCC2)CC1.I. The molecule has 0 amide bonds. The molecule has 7 heteroatoms. The summed E-state index contributed by atoms with van der Waals surface area (Å²) in [7, 11) is 3.53. The monoisotopic (exact) mass is 530 g/mol. The lowest BCUT2D eigenvalue weighted by Crippen LogP contribution is -2.51. The number of benzene rings is 1. The number of halogens is 1. The summed E-state index contributed by atoms with van der Waals surface area (Å²) in [6.07, 6.45) is 9.45. The largest absolute Gasteiger partial charge is 0.496 e. The van der Waals surface area contributed by atoms with Gasteiger partial charge >= 0.3 is 0 Å². The van der Waals surface area contributed by atoms with E-state index in [2.05, 4.69) is 20.5 Å². The van der Waals surface area contributed by atoms with Crippen LogP contribution in [0.5, 0.6) is 5.75 Å². The first kappa shape index (κ1) is 25.2. The van der Waals surface area contributed by atoms with Gasteiger partial charge in [0.2, 0.25) is 0 Å². The van der Waals surface area contributed by atoms with Crippen LogP contribution in [0.25, 0.3) is 0 Å². The molecule has 1 aromatic rings. The number of piperidine rings is 1. The third-order valence-corrected chi connectivity index (χ3v) is 6.17. The molecule has 2 N–H and O–H groups in total. The van der Waals surface area contributed by atoms with Gasteiger partial charge in [-0.2, -0.15) is 0 Å². The Morgan fingerprint density at radius 3 is 2.53 bits per heavy atom. The third-order valence-electron chi connectivity index (χ3n) is 6.17. The second-order valence-electron chi connectivity index (χ2n) is 8.11. The molecule has 1 aromatic carbocycles. The van der Waals surface area contributed by atoms with Crippen molar-refractivity contribution in [2.24, 2.45) is 4.99 Å². The van der Waals surface area contributed by atoms with Crippen molar-refractivity contribution < 1.29 is 9.47 Å². The third kappa shape index (κ3) is 7.89. The maximum absolute atomic E-state index is 5.80. The molecular weight excluding hydrogens is 491 g/mol. The summed E-state index contributed by atoms with van der Waals surface area (Å²) in [4.78, 5) is 7.10. The quantitative estimate of drug-likeness (QED) is 0.232. The molecule has 2 fully saturated rings. The molecule has 2 aliphatic rings. The Hall–Kier alpha value is -1.06. The van der Waals surface area contributed by atoms with Gasteiger partial charge in [-0.25, -0.2) is 0 Å². The summed E-state index contributed by atoms with van der Waals surface area (Å²) in [5.74, 6) is 1.75. The molecule has 0 unspecified atom stereocenters. The minimum Gasteiger partial charge on any atom is -0.496 e. The zero-order valence-electron chi connectivity index (χ0n) is 18.6. The van der Waals surface area contributed by atoms with Crippen LogP contribution in [0.15, 0.2) is 29.3 Å². The van der Waals surface area contributed by atoms with Crippen LogP contribution in [0.4, 0.5) is 0 Å². The van der Waals surface area contributed by atoms with E-state index in [9.17, 15) is 0 Å². The number of methoxy groups -OCH3 is 1. The number of ether oxygens (including phenoxy) is 2. The van der Waals surface area contributed by atoms with Gasteiger partial charge in [-0.1, -0.05) is 37.5 Å². The first-order valence-corrected chi connectivity index (χ1v) is 11.2. The fourth-order valence-corrected chi connectivity index (χ4v) is 4.49. The Morgan fingerprint density at radius 2 is 1.83 bits per heavy atom. The fraction of sp³-hybridized carbons (Fsp3) is 0.696. The highest BCUT2D eigenvalue weighted by molar-refractivity contribution is 14.0. The molecule has 0 bridgehead atoms. The maximum atomic E-state index is 5.80. The predicted octanol–water partition coefficient (Wildman–Crippen LogP) is 3.79. The first-order chi connectivity index (χ1) is 14.3. The molecule has 1 aliphatic carbocycles. The Kier molecular flexibility index (Phi) is 11.8. The van der Waals surface area contributed by atoms with Gasteiger partial charge in [0.05, 0.1) is 20.3 Å². The predicted molar refractivity (Wildman–Crippen MR) is 134 cm³/mol. The summed E-state index contributed by atoms with van der Waals surface area (Å²) >= 11 is 0. The van der Waals surface area contributed by atoms with Crippen LogP contribution in [0.1, 0.15) is 50.5 Å². The number of likely N-dealkylation sites (tertiary alicyclic amines) is 1. The van der Waals surface area contributed by atoms with Gasteiger partial charge in [0.1, 0.15) is 5.75 Å². The van der Waals surface area contributed by atoms with Crippen LogP contribution in [0.2, 0.25) is 0 Å². The van der Waals surface area contributed by atoms with Gasteiger partial charge in [-0.15, -0.1) is 24.0 Å². The van der Waals surface area contributed by atoms with Crippen LogP contribution in [-0.4, -0.2) is 63.3 Å². The summed E-state index contributed by atoms with van der Waals surface area (Å²) in [6, 6.07) is 9.32. The van der Waals surface area contributed by atoms with Crippen LogP contribution < -0.4 is 15.4 Å². The van der Waals surface area contributed by atoms with Crippen molar-refractivity contribution in [1.29, 1.82) is 0 Å². The number of guanidine groups is 1. The number of para-hydroxylation sites is 1. The minimum absolute atomic E-state index is 0. The molecule has 0 spiro atoms. The van der Waals surface area contributed by atoms with E-state index in [1.54, 1.807) is 7.11 Å². The Bertz CT molecular complexity index is 629. The summed E-state index contributed by atoms with van der Waals surface area (Å²) < 4.78 is 11.2. The number of hydrogen-bond donors (Lipinski definition) is 2. The number of rotatable bonds is 8. The average Bonchev–Trinajstić information content (AvgIpc) is 2.79. The number of aliphatic imine (C=N–C) groups is 1. The van der Waals surface area contributed by atoms with E-state index in [4.69, 9.17) is 9.47 Å². The van der Waals surface area contributed by atoms with E-state index in [0.717, 1.165) is 29.9 Å². The Labute approximate surface area is 199 Å². The molecule has 0 aromatic heterocycles. The molecule has 0 atom stereocenters. The molecule has 1 heterocycles. The normalized spacial score (nSPS) is 19.2. The molecule has 1 saturated carbocycles. The second kappa shape index (κ2) is 14.1. The highest BCUT2D eigenvalue weighted by Crippen LogP contribution is 2.25. The van der Waals surface area contributed by atoms with Crippen molar-refractivity contribution in [3.8, 4) is 5.75 Å². The van der Waals surface area contributed by atoms with Crippen molar-refractivity contribution >= 4 is 29.9 Å². The van der Waals surface area contributed by atoms with Gasteiger partial charge in [-0.3, -0.25) is 4.99 Å². The van der Waals surface area contributed by atoms with Crippen LogP contribution in [0.3, 0.4) is 0 Å². The van der Waals surface area contributed by atoms with E-state index in [0.29, 0.717) is 19.3 Å². The zero-order chi connectivity index (χ0) is 20.3. The second-order valence-corrected chi connectivity index (χ2v) is 8.11. The van der Waals surface area contributed by atoms with Crippen molar-refractivity contribution in [3.63, 3.8) is 0 Å². The van der Waals surface area contributed by atoms with E-state index in [1.165, 1.54) is 58.0 Å². The topological polar surface area (TPSA) is 58.1 Å². The number of nitrogens with zero attached hydrogens (tertiary/aromatic N) is 2. The lowest BCUT2D eigenvalue weighted by Gasteiger charge is -2.39. The molecule has 3 rings (SSSR count). The standard InChI is InChI=1S/C23H38N4O2.HI/c1-24-23(25-14-17-29-18-19-8-6-7-11-22(19)28-2)26-20-12-15-27(16-13-20)21-9-4-3-5-10-21;/h6-8,11,20-21H,3-5,9-10,12-18H2,1-2H3,(H2,24,25,26);1H. The number of nitrogens with one attached hydrogen (secondary N) is 2. The van der Waals surface area contributed by atoms with Crippen molar-refractivity contribution in [2.45, 2.75) is 63.6 Å². The first-order valence-electron chi connectivity index (χ1n) is 11.2. The fourth-order valence-electron chi connectivity index (χ4n) is 4.49. The highest BCUT2D eigenvalue weighted by atomic mass is 127. The van der Waals surface area contributed by atoms with Gasteiger partial charge in [-0.05, 0) is 31.7 Å². The molecule has 1 saturated heterocycles. The summed E-state index contributed by atoms with van der Waals surface area (Å²) in [5.41, 5.74) is 1.07. The van der Waals surface area contributed by atoms with E-state index >= 15 is 0 Å². The van der Waals surface area contributed by atoms with Crippen molar-refractivity contribution in [2.75, 3.05) is 40.4 Å². The van der Waals surface area contributed by atoms with E-state index in [1.807, 2.05) is 31.3 Å². The smallest absolute Gasteiger partial charge is 0.191 e. The van der Waals surface area contributed by atoms with E-state index < -0.39 is 0 Å². The summed E-state index contributed by atoms with van der Waals surface area (Å²) in [5, 5.41) is 6.97. The minimum atomic E-state index is 0. The molecule has 6 nitrogen and oxygen atoms in total. The maximum Gasteiger partial charge on any atom is 0.191 e. The van der Waals surface area contributed by atoms with Gasteiger partial charge in [0, 0.05) is 44.3 Å². The Morgan fingerprint density at radius 1 is 1.10 bits per heavy atom. The summed E-state index contributed by atoms with van der Waals surface area (Å²) in [6.45, 7) is 4.33. The highest BCUT2D eigenvalue weighted by Gasteiger charge is 2.26. The average molecular weight is 530 g/mol. The number of hydrogen-bond acceptors (Lipinski definition) is 4. The lowest BCUT2D eigenvalue weighted by atomic mass is 9.92.